The second-order valence-electron chi connectivity index (χ2n) is 5.86. The topological polar surface area (TPSA) is 97.4 Å². The van der Waals surface area contributed by atoms with Crippen molar-refractivity contribution in [2.75, 3.05) is 11.5 Å². The molecule has 2 atom stereocenters. The van der Waals surface area contributed by atoms with Gasteiger partial charge in [-0.25, -0.2) is 0 Å². The Hall–Kier alpha value is -2.10. The molecule has 0 spiro atoms. The van der Waals surface area contributed by atoms with Gasteiger partial charge < -0.3 is 5.73 Å². The van der Waals surface area contributed by atoms with Crippen LogP contribution in [-0.4, -0.2) is 11.5 Å². The van der Waals surface area contributed by atoms with Gasteiger partial charge in [-0.3, -0.25) is 0 Å². The Morgan fingerprint density at radius 2 is 1.92 bits per heavy atom. The molecule has 1 aliphatic heterocycles. The first-order valence-electron chi connectivity index (χ1n) is 7.46. The standard InChI is InChI=1S/C18H12Cl2N4S/c19-14-3-1-2-11(16(14)20)15-13-7-25-5-4-10(13)12(6-21)17(24)18(15,8-22)9-23/h1-4,13,15H,5,7,24H2/t13-,15-/m1/s1. The molecule has 124 valence electrons. The van der Waals surface area contributed by atoms with E-state index in [0.29, 0.717) is 21.4 Å². The number of benzene rings is 1. The van der Waals surface area contributed by atoms with Gasteiger partial charge in [0.1, 0.15) is 6.07 Å². The Labute approximate surface area is 160 Å². The fourth-order valence-electron chi connectivity index (χ4n) is 3.59. The first-order chi connectivity index (χ1) is 12.0. The zero-order chi connectivity index (χ0) is 18.2. The summed E-state index contributed by atoms with van der Waals surface area (Å²) in [5, 5.41) is 30.1. The second kappa shape index (κ2) is 6.66. The molecule has 3 rings (SSSR count). The van der Waals surface area contributed by atoms with Gasteiger partial charge in [-0.2, -0.15) is 27.5 Å². The second-order valence-corrected chi connectivity index (χ2v) is 7.72. The van der Waals surface area contributed by atoms with Crippen molar-refractivity contribution in [3.8, 4) is 18.2 Å². The van der Waals surface area contributed by atoms with Crippen LogP contribution in [0.4, 0.5) is 0 Å². The number of rotatable bonds is 1. The molecule has 2 N–H and O–H groups in total. The molecule has 7 heteroatoms. The predicted octanol–water partition coefficient (Wildman–Crippen LogP) is 4.15. The van der Waals surface area contributed by atoms with Crippen LogP contribution in [0.3, 0.4) is 0 Å². The van der Waals surface area contributed by atoms with Crippen LogP contribution in [0, 0.1) is 45.3 Å². The van der Waals surface area contributed by atoms with Gasteiger partial charge in [0.05, 0.1) is 33.5 Å². The van der Waals surface area contributed by atoms with E-state index >= 15 is 0 Å². The van der Waals surface area contributed by atoms with E-state index in [1.165, 1.54) is 0 Å². The molecule has 1 aliphatic carbocycles. The molecule has 0 amide bonds. The number of hydrogen-bond acceptors (Lipinski definition) is 5. The Morgan fingerprint density at radius 3 is 2.56 bits per heavy atom. The number of nitrogens with zero attached hydrogens (tertiary/aromatic N) is 3. The molecule has 0 bridgehead atoms. The molecule has 25 heavy (non-hydrogen) atoms. The van der Waals surface area contributed by atoms with Crippen LogP contribution in [-0.2, 0) is 0 Å². The number of halogens is 2. The van der Waals surface area contributed by atoms with E-state index in [9.17, 15) is 15.8 Å². The number of nitriles is 3. The zero-order valence-corrected chi connectivity index (χ0v) is 15.3. The lowest BCUT2D eigenvalue weighted by molar-refractivity contribution is 0.368. The minimum absolute atomic E-state index is 0.00422. The normalized spacial score (nSPS) is 24.4. The molecular formula is C18H12Cl2N4S. The third kappa shape index (κ3) is 2.50. The summed E-state index contributed by atoms with van der Waals surface area (Å²) in [6.07, 6.45) is 1.95. The van der Waals surface area contributed by atoms with Gasteiger partial charge in [-0.1, -0.05) is 41.4 Å². The van der Waals surface area contributed by atoms with Gasteiger partial charge in [0, 0.05) is 23.3 Å². The number of allylic oxidation sites excluding steroid dienone is 3. The van der Waals surface area contributed by atoms with Crippen molar-refractivity contribution in [3.63, 3.8) is 0 Å². The van der Waals surface area contributed by atoms with Crippen molar-refractivity contribution in [2.45, 2.75) is 5.92 Å². The lowest BCUT2D eigenvalue weighted by atomic mass is 9.59. The van der Waals surface area contributed by atoms with Crippen molar-refractivity contribution in [1.82, 2.24) is 0 Å². The molecule has 0 fully saturated rings. The average molecular weight is 387 g/mol. The monoisotopic (exact) mass is 386 g/mol. The number of hydrogen-bond donors (Lipinski definition) is 1. The SMILES string of the molecule is N#CC1=C(N)C(C#N)(C#N)[C@H](c2cccc(Cl)c2Cl)[C@@H]2CSCC=C12. The van der Waals surface area contributed by atoms with Gasteiger partial charge in [0.25, 0.3) is 0 Å². The summed E-state index contributed by atoms with van der Waals surface area (Å²) in [6, 6.07) is 11.4. The maximum atomic E-state index is 9.91. The maximum absolute atomic E-state index is 9.91. The first kappa shape index (κ1) is 17.7. The summed E-state index contributed by atoms with van der Waals surface area (Å²) in [5.74, 6) is 0.621. The molecule has 1 heterocycles. The van der Waals surface area contributed by atoms with Crippen LogP contribution in [0.2, 0.25) is 10.0 Å². The van der Waals surface area contributed by atoms with Crippen LogP contribution in [0.5, 0.6) is 0 Å². The summed E-state index contributed by atoms with van der Waals surface area (Å²) in [7, 11) is 0. The fourth-order valence-corrected chi connectivity index (χ4v) is 5.07. The van der Waals surface area contributed by atoms with Crippen LogP contribution < -0.4 is 5.73 Å². The van der Waals surface area contributed by atoms with E-state index in [1.807, 2.05) is 6.08 Å². The molecule has 0 unspecified atom stereocenters. The highest BCUT2D eigenvalue weighted by molar-refractivity contribution is 7.99. The van der Waals surface area contributed by atoms with E-state index in [1.54, 1.807) is 30.0 Å². The number of thioether (sulfide) groups is 1. The summed E-state index contributed by atoms with van der Waals surface area (Å²) < 4.78 is 0. The molecule has 1 aromatic rings. The van der Waals surface area contributed by atoms with Crippen LogP contribution in [0.25, 0.3) is 0 Å². The van der Waals surface area contributed by atoms with E-state index in [0.717, 1.165) is 11.3 Å². The minimum atomic E-state index is -1.67. The van der Waals surface area contributed by atoms with E-state index in [-0.39, 0.29) is 17.2 Å². The van der Waals surface area contributed by atoms with Gasteiger partial charge >= 0.3 is 0 Å². The first-order valence-corrected chi connectivity index (χ1v) is 9.37. The molecule has 1 aromatic carbocycles. The Balaban J connectivity index is 2.38. The van der Waals surface area contributed by atoms with Crippen molar-refractivity contribution >= 4 is 35.0 Å². The van der Waals surface area contributed by atoms with Gasteiger partial charge in [0.15, 0.2) is 5.41 Å². The average Bonchev–Trinajstić information content (AvgIpc) is 2.64. The lowest BCUT2D eigenvalue weighted by Gasteiger charge is -2.43. The largest absolute Gasteiger partial charge is 0.399 e. The fraction of sp³-hybridized carbons (Fsp3) is 0.278. The molecular weight excluding hydrogens is 375 g/mol. The van der Waals surface area contributed by atoms with E-state index < -0.39 is 11.3 Å². The Kier molecular flexibility index (Phi) is 4.72. The number of nitrogens with two attached hydrogens (primary N) is 1. The van der Waals surface area contributed by atoms with E-state index in [4.69, 9.17) is 28.9 Å². The van der Waals surface area contributed by atoms with Crippen LogP contribution in [0.1, 0.15) is 11.5 Å². The zero-order valence-electron chi connectivity index (χ0n) is 13.0. The molecule has 0 aromatic heterocycles. The minimum Gasteiger partial charge on any atom is -0.399 e. The highest BCUT2D eigenvalue weighted by atomic mass is 35.5. The van der Waals surface area contributed by atoms with Crippen molar-refractivity contribution in [1.29, 1.82) is 15.8 Å². The summed E-state index contributed by atoms with van der Waals surface area (Å²) in [5.41, 5.74) is 6.17. The maximum Gasteiger partial charge on any atom is 0.191 e. The highest BCUT2D eigenvalue weighted by Crippen LogP contribution is 2.56. The quantitative estimate of drug-likeness (QED) is 0.781. The van der Waals surface area contributed by atoms with Crippen LogP contribution in [0.15, 0.2) is 41.1 Å². The summed E-state index contributed by atoms with van der Waals surface area (Å²) in [6.45, 7) is 0. The predicted molar refractivity (Wildman–Crippen MR) is 98.6 cm³/mol. The Morgan fingerprint density at radius 1 is 1.20 bits per heavy atom. The molecule has 0 radical (unpaired) electrons. The van der Waals surface area contributed by atoms with E-state index in [2.05, 4.69) is 18.2 Å². The molecule has 4 nitrogen and oxygen atoms in total. The van der Waals surface area contributed by atoms with Gasteiger partial charge in [-0.05, 0) is 17.2 Å². The van der Waals surface area contributed by atoms with Gasteiger partial charge in [-0.15, -0.1) is 0 Å². The van der Waals surface area contributed by atoms with Crippen molar-refractivity contribution < 1.29 is 0 Å². The third-order valence-electron chi connectivity index (χ3n) is 4.75. The summed E-state index contributed by atoms with van der Waals surface area (Å²) in [4.78, 5) is 0. The number of fused-ring (bicyclic) bond motifs is 1. The smallest absolute Gasteiger partial charge is 0.191 e. The molecule has 0 saturated heterocycles. The summed E-state index contributed by atoms with van der Waals surface area (Å²) >= 11 is 14.3. The Bertz CT molecular complexity index is 916. The lowest BCUT2D eigenvalue weighted by Crippen LogP contribution is -2.43. The van der Waals surface area contributed by atoms with Gasteiger partial charge in [0.2, 0.25) is 0 Å². The third-order valence-corrected chi connectivity index (χ3v) is 6.58. The molecule has 0 saturated carbocycles. The molecule has 2 aliphatic rings. The highest BCUT2D eigenvalue weighted by Gasteiger charge is 2.54. The van der Waals surface area contributed by atoms with Crippen molar-refractivity contribution in [3.05, 3.63) is 56.7 Å². The van der Waals surface area contributed by atoms with Crippen molar-refractivity contribution in [2.24, 2.45) is 17.1 Å². The van der Waals surface area contributed by atoms with Crippen LogP contribution >= 0.6 is 35.0 Å².